The minimum Gasteiger partial charge on any atom is -0.459 e. The van der Waals surface area contributed by atoms with E-state index in [1.165, 1.54) is 6.26 Å². The molecule has 2 fully saturated rings. The molecule has 2 atom stereocenters. The highest BCUT2D eigenvalue weighted by Gasteiger charge is 2.32. The van der Waals surface area contributed by atoms with Crippen LogP contribution >= 0.6 is 0 Å². The molecule has 4 rings (SSSR count). The van der Waals surface area contributed by atoms with E-state index in [9.17, 15) is 4.79 Å². The Morgan fingerprint density at radius 1 is 1.28 bits per heavy atom. The van der Waals surface area contributed by atoms with Crippen molar-refractivity contribution in [2.45, 2.75) is 51.8 Å². The van der Waals surface area contributed by atoms with Crippen molar-refractivity contribution in [3.8, 4) is 0 Å². The summed E-state index contributed by atoms with van der Waals surface area (Å²) in [5.74, 6) is 1.77. The minimum absolute atomic E-state index is 0.0433. The zero-order chi connectivity index (χ0) is 20.2. The van der Waals surface area contributed by atoms with E-state index in [0.717, 1.165) is 44.8 Å². The smallest absolute Gasteiger partial charge is 0.289 e. The molecule has 0 spiro atoms. The van der Waals surface area contributed by atoms with Crippen molar-refractivity contribution in [3.63, 3.8) is 0 Å². The third-order valence-electron chi connectivity index (χ3n) is 5.73. The number of carbonyl (C=O) groups is 1. The maximum atomic E-state index is 12.6. The number of furan rings is 1. The van der Waals surface area contributed by atoms with Crippen LogP contribution in [0.5, 0.6) is 0 Å². The molecule has 0 aromatic carbocycles. The molecular weight excluding hydrogens is 372 g/mol. The minimum atomic E-state index is -0.0433. The van der Waals surface area contributed by atoms with Crippen molar-refractivity contribution in [3.05, 3.63) is 30.0 Å². The third-order valence-corrected chi connectivity index (χ3v) is 5.73. The van der Waals surface area contributed by atoms with Gasteiger partial charge in [-0.2, -0.15) is 0 Å². The van der Waals surface area contributed by atoms with Crippen molar-refractivity contribution in [2.24, 2.45) is 5.92 Å². The van der Waals surface area contributed by atoms with Crippen molar-refractivity contribution in [1.29, 1.82) is 0 Å². The van der Waals surface area contributed by atoms with Gasteiger partial charge in [0.05, 0.1) is 25.0 Å². The number of aromatic nitrogens is 4. The van der Waals surface area contributed by atoms with Gasteiger partial charge in [-0.1, -0.05) is 13.8 Å². The second-order valence-corrected chi connectivity index (χ2v) is 8.31. The van der Waals surface area contributed by atoms with Gasteiger partial charge in [0, 0.05) is 32.8 Å². The molecule has 2 aromatic heterocycles. The van der Waals surface area contributed by atoms with Gasteiger partial charge in [0.2, 0.25) is 0 Å². The van der Waals surface area contributed by atoms with Gasteiger partial charge in [0.15, 0.2) is 11.6 Å². The fourth-order valence-corrected chi connectivity index (χ4v) is 4.22. The van der Waals surface area contributed by atoms with Crippen molar-refractivity contribution in [2.75, 3.05) is 32.8 Å². The fourth-order valence-electron chi connectivity index (χ4n) is 4.22. The summed E-state index contributed by atoms with van der Waals surface area (Å²) in [6.45, 7) is 8.88. The van der Waals surface area contributed by atoms with Crippen LogP contribution in [0.1, 0.15) is 55.5 Å². The Balaban J connectivity index is 1.44. The van der Waals surface area contributed by atoms with Crippen LogP contribution in [-0.4, -0.2) is 74.8 Å². The van der Waals surface area contributed by atoms with E-state index in [0.29, 0.717) is 31.3 Å². The highest BCUT2D eigenvalue weighted by molar-refractivity contribution is 5.91. The summed E-state index contributed by atoms with van der Waals surface area (Å²) in [7, 11) is 0. The lowest BCUT2D eigenvalue weighted by Gasteiger charge is -2.39. The molecule has 2 aliphatic heterocycles. The number of hydrogen-bond donors (Lipinski definition) is 0. The highest BCUT2D eigenvalue weighted by atomic mass is 16.5. The number of carbonyl (C=O) groups excluding carboxylic acids is 1. The lowest BCUT2D eigenvalue weighted by Crippen LogP contribution is -2.50. The number of tetrazole rings is 1. The van der Waals surface area contributed by atoms with E-state index in [2.05, 4.69) is 34.3 Å². The van der Waals surface area contributed by atoms with Crippen LogP contribution in [0.2, 0.25) is 0 Å². The molecule has 158 valence electrons. The Bertz CT molecular complexity index is 776. The second kappa shape index (κ2) is 9.04. The first kappa shape index (κ1) is 20.0. The lowest BCUT2D eigenvalue weighted by atomic mass is 10.0. The van der Waals surface area contributed by atoms with Gasteiger partial charge in [0.25, 0.3) is 5.91 Å². The molecule has 2 saturated heterocycles. The van der Waals surface area contributed by atoms with E-state index >= 15 is 0 Å². The van der Waals surface area contributed by atoms with Crippen molar-refractivity contribution < 1.29 is 13.9 Å². The zero-order valence-electron chi connectivity index (χ0n) is 17.2. The molecule has 0 radical (unpaired) electrons. The summed E-state index contributed by atoms with van der Waals surface area (Å²) in [6, 6.07) is 3.60. The molecule has 9 nitrogen and oxygen atoms in total. The van der Waals surface area contributed by atoms with E-state index in [4.69, 9.17) is 9.15 Å². The van der Waals surface area contributed by atoms with Gasteiger partial charge in [-0.25, -0.2) is 4.68 Å². The van der Waals surface area contributed by atoms with Gasteiger partial charge in [-0.3, -0.25) is 9.69 Å². The van der Waals surface area contributed by atoms with Gasteiger partial charge in [-0.15, -0.1) is 5.10 Å². The average Bonchev–Trinajstić information content (AvgIpc) is 3.49. The van der Waals surface area contributed by atoms with Crippen LogP contribution in [-0.2, 0) is 11.3 Å². The van der Waals surface area contributed by atoms with Crippen LogP contribution in [0.4, 0.5) is 0 Å². The van der Waals surface area contributed by atoms with Crippen LogP contribution in [0.25, 0.3) is 0 Å². The summed E-state index contributed by atoms with van der Waals surface area (Å²) in [6.07, 6.45) is 4.86. The van der Waals surface area contributed by atoms with Crippen molar-refractivity contribution in [1.82, 2.24) is 30.0 Å². The lowest BCUT2D eigenvalue weighted by molar-refractivity contribution is 0.0488. The first-order valence-electron chi connectivity index (χ1n) is 10.6. The molecule has 4 heterocycles. The largest absolute Gasteiger partial charge is 0.459 e. The number of amides is 1. The van der Waals surface area contributed by atoms with E-state index in [1.807, 2.05) is 9.58 Å². The molecule has 9 heteroatoms. The average molecular weight is 402 g/mol. The zero-order valence-corrected chi connectivity index (χ0v) is 17.2. The maximum Gasteiger partial charge on any atom is 0.289 e. The predicted octanol–water partition coefficient (Wildman–Crippen LogP) is 1.99. The number of ether oxygens (including phenoxy) is 1. The topological polar surface area (TPSA) is 89.5 Å². The summed E-state index contributed by atoms with van der Waals surface area (Å²) >= 11 is 0. The number of hydrogen-bond acceptors (Lipinski definition) is 7. The molecule has 0 N–H and O–H groups in total. The number of rotatable bonds is 7. The Labute approximate surface area is 171 Å². The number of nitrogens with zero attached hydrogens (tertiary/aromatic N) is 6. The molecule has 0 saturated carbocycles. The van der Waals surface area contributed by atoms with Crippen LogP contribution in [0.15, 0.2) is 22.8 Å². The molecule has 1 amide bonds. The summed E-state index contributed by atoms with van der Waals surface area (Å²) in [5.41, 5.74) is 0. The highest BCUT2D eigenvalue weighted by Crippen LogP contribution is 2.28. The monoisotopic (exact) mass is 402 g/mol. The van der Waals surface area contributed by atoms with Crippen molar-refractivity contribution >= 4 is 5.91 Å². The molecular formula is C20H30N6O3. The maximum absolute atomic E-state index is 12.6. The Kier molecular flexibility index (Phi) is 6.25. The van der Waals surface area contributed by atoms with E-state index in [-0.39, 0.29) is 18.1 Å². The van der Waals surface area contributed by atoms with Crippen LogP contribution in [0.3, 0.4) is 0 Å². The summed E-state index contributed by atoms with van der Waals surface area (Å²) in [4.78, 5) is 16.8. The summed E-state index contributed by atoms with van der Waals surface area (Å²) in [5, 5.41) is 12.6. The fraction of sp³-hybridized carbons (Fsp3) is 0.700. The molecule has 0 unspecified atom stereocenters. The Morgan fingerprint density at radius 2 is 2.10 bits per heavy atom. The van der Waals surface area contributed by atoms with Gasteiger partial charge < -0.3 is 14.1 Å². The predicted molar refractivity (Wildman–Crippen MR) is 105 cm³/mol. The van der Waals surface area contributed by atoms with Gasteiger partial charge >= 0.3 is 0 Å². The van der Waals surface area contributed by atoms with E-state index in [1.54, 1.807) is 12.1 Å². The molecule has 0 aliphatic carbocycles. The summed E-state index contributed by atoms with van der Waals surface area (Å²) < 4.78 is 13.0. The Hall–Kier alpha value is -2.26. The van der Waals surface area contributed by atoms with Crippen LogP contribution < -0.4 is 0 Å². The van der Waals surface area contributed by atoms with Gasteiger partial charge in [0.1, 0.15) is 0 Å². The quantitative estimate of drug-likeness (QED) is 0.700. The SMILES string of the molecule is CC(C)C[C@@H](c1nnnn1C[C@@H]1CCCO1)N1CCN(C(=O)c2ccco2)CC1. The van der Waals surface area contributed by atoms with E-state index < -0.39 is 0 Å². The first-order valence-corrected chi connectivity index (χ1v) is 10.6. The van der Waals surface area contributed by atoms with Gasteiger partial charge in [-0.05, 0) is 47.7 Å². The molecule has 2 aromatic rings. The molecule has 2 aliphatic rings. The standard InChI is InChI=1S/C20H30N6O3/c1-15(2)13-17(19-21-22-23-26(19)14-16-5-3-11-28-16)24-7-9-25(10-8-24)20(27)18-6-4-12-29-18/h4,6,12,15-17H,3,5,7-11,13-14H2,1-2H3/t16-,17-/m0/s1. The Morgan fingerprint density at radius 3 is 2.76 bits per heavy atom. The second-order valence-electron chi connectivity index (χ2n) is 8.31. The van der Waals surface area contributed by atoms with Crippen LogP contribution in [0, 0.1) is 5.92 Å². The normalized spacial score (nSPS) is 21.8. The third kappa shape index (κ3) is 4.67. The molecule has 29 heavy (non-hydrogen) atoms. The molecule has 0 bridgehead atoms. The first-order chi connectivity index (χ1) is 14.1. The number of piperazine rings is 1.